The molecule has 0 unspecified atom stereocenters. The number of pyridine rings is 1. The number of hydrogen-bond acceptors (Lipinski definition) is 2. The second-order valence-corrected chi connectivity index (χ2v) is 12.9. The van der Waals surface area contributed by atoms with Gasteiger partial charge in [0.1, 0.15) is 52.7 Å². The van der Waals surface area contributed by atoms with Crippen LogP contribution in [0.5, 0.6) is 0 Å². The van der Waals surface area contributed by atoms with Crippen molar-refractivity contribution < 1.29 is 97.2 Å². The first-order chi connectivity index (χ1) is 30.0. The standard InChI is InChI=1S/C24BF20.C14H13N4O/c26-5-1(6(27)14(35)21(42)13(5)34)25(2-7(28)15(36)22(43)16(37)8(2)29,3-9(30)17(38)23(44)18(39)10(3)31)4-11(32)19(40)24(45)20(41)12(4)33;15-17-16-10-14(19)13-6-8-18(9-7-13)11-12-4-2-1-3-5-12/h;1-9H,10-11H2/q-1;+1. The lowest BCUT2D eigenvalue weighted by atomic mass is 9.12. The molecule has 0 atom stereocenters. The molecule has 0 aliphatic carbocycles. The number of nitrogens with zero attached hydrogens (tertiary/aromatic N) is 4. The third-order valence-electron chi connectivity index (χ3n) is 9.41. The lowest BCUT2D eigenvalue weighted by Crippen LogP contribution is -2.81. The van der Waals surface area contributed by atoms with E-state index in [4.69, 9.17) is 5.53 Å². The van der Waals surface area contributed by atoms with Gasteiger partial charge in [0.15, 0.2) is 94.5 Å². The zero-order valence-corrected chi connectivity index (χ0v) is 30.4. The van der Waals surface area contributed by atoms with Crippen molar-refractivity contribution in [3.63, 3.8) is 0 Å². The van der Waals surface area contributed by atoms with Crippen molar-refractivity contribution in [1.29, 1.82) is 0 Å². The summed E-state index contributed by atoms with van der Waals surface area (Å²) in [7, 11) is 0. The van der Waals surface area contributed by atoms with E-state index in [1.807, 2.05) is 47.3 Å². The highest BCUT2D eigenvalue weighted by molar-refractivity contribution is 7.20. The van der Waals surface area contributed by atoms with Crippen molar-refractivity contribution in [3.8, 4) is 0 Å². The molecule has 6 rings (SSSR count). The molecule has 0 bridgehead atoms. The Morgan fingerprint density at radius 3 is 0.969 bits per heavy atom. The maximum atomic E-state index is 15.4. The third-order valence-corrected chi connectivity index (χ3v) is 9.41. The molecule has 0 saturated carbocycles. The lowest BCUT2D eigenvalue weighted by molar-refractivity contribution is -0.688. The second-order valence-electron chi connectivity index (χ2n) is 12.9. The Hall–Kier alpha value is -7.11. The first-order valence-electron chi connectivity index (χ1n) is 16.8. The van der Waals surface area contributed by atoms with Crippen LogP contribution in [0.1, 0.15) is 15.9 Å². The van der Waals surface area contributed by atoms with Crippen LogP contribution in [-0.4, -0.2) is 18.5 Å². The van der Waals surface area contributed by atoms with E-state index >= 15 is 35.1 Å². The lowest BCUT2D eigenvalue weighted by Gasteiger charge is -2.44. The Morgan fingerprint density at radius 1 is 0.438 bits per heavy atom. The van der Waals surface area contributed by atoms with Gasteiger partial charge >= 0.3 is 0 Å². The minimum atomic E-state index is -7.22. The highest BCUT2D eigenvalue weighted by Crippen LogP contribution is 2.30. The number of carbonyl (C=O) groups is 1. The molecular weight excluding hydrogens is 919 g/mol. The zero-order chi connectivity index (χ0) is 47.9. The number of benzene rings is 5. The topological polar surface area (TPSA) is 69.7 Å². The van der Waals surface area contributed by atoms with Gasteiger partial charge < -0.3 is 0 Å². The van der Waals surface area contributed by atoms with Gasteiger partial charge in [-0.2, -0.15) is 0 Å². The molecule has 1 aromatic heterocycles. The SMILES string of the molecule is Fc1c(F)c(F)c([B-](c2c(F)c(F)c(F)c(F)c2F)(c2c(F)c(F)c(F)c(F)c2F)c2c(F)c(F)c(F)c(F)c2F)c(F)c1F.[N-]=[N+]=NCC(=O)c1cc[n+](Cc2ccccc2)cc1. The number of hydrogen-bond donors (Lipinski definition) is 0. The summed E-state index contributed by atoms with van der Waals surface area (Å²) in [4.78, 5) is 14.2. The molecule has 6 aromatic rings. The van der Waals surface area contributed by atoms with Crippen LogP contribution in [0, 0.1) is 116 Å². The van der Waals surface area contributed by atoms with Crippen LogP contribution < -0.4 is 26.4 Å². The first-order valence-corrected chi connectivity index (χ1v) is 16.8. The minimum Gasteiger partial charge on any atom is -0.294 e. The fourth-order valence-corrected chi connectivity index (χ4v) is 6.60. The molecule has 64 heavy (non-hydrogen) atoms. The van der Waals surface area contributed by atoms with Gasteiger partial charge in [-0.15, -0.1) is 21.9 Å². The summed E-state index contributed by atoms with van der Waals surface area (Å²) < 4.78 is 296. The van der Waals surface area contributed by atoms with Crippen LogP contribution in [0.4, 0.5) is 87.8 Å². The first kappa shape index (κ1) is 47.9. The molecule has 0 amide bonds. The molecule has 0 radical (unpaired) electrons. The normalized spacial score (nSPS) is 11.3. The van der Waals surface area contributed by atoms with Crippen molar-refractivity contribution in [2.45, 2.75) is 6.54 Å². The summed E-state index contributed by atoms with van der Waals surface area (Å²) in [5.74, 6) is -71.6. The van der Waals surface area contributed by atoms with Crippen LogP contribution in [0.15, 0.2) is 60.0 Å². The number of aromatic nitrogens is 1. The summed E-state index contributed by atoms with van der Waals surface area (Å²) in [5.41, 5.74) is -4.41. The highest BCUT2D eigenvalue weighted by Gasteiger charge is 2.52. The van der Waals surface area contributed by atoms with E-state index in [9.17, 15) is 57.5 Å². The van der Waals surface area contributed by atoms with Crippen molar-refractivity contribution in [2.75, 3.05) is 6.54 Å². The number of rotatable bonds is 9. The second kappa shape index (κ2) is 18.3. The maximum Gasteiger partial charge on any atom is 0.200 e. The van der Waals surface area contributed by atoms with Gasteiger partial charge in [-0.25, -0.2) is 92.4 Å². The highest BCUT2D eigenvalue weighted by atomic mass is 19.2. The predicted octanol–water partition coefficient (Wildman–Crippen LogP) is 8.36. The summed E-state index contributed by atoms with van der Waals surface area (Å²) in [6, 6.07) is 13.5. The Labute approximate surface area is 342 Å². The molecule has 0 spiro atoms. The number of carbonyl (C=O) groups excluding carboxylic acids is 1. The Kier molecular flexibility index (Phi) is 13.7. The van der Waals surface area contributed by atoms with E-state index in [-0.39, 0.29) is 12.3 Å². The molecule has 0 aliphatic rings. The van der Waals surface area contributed by atoms with Crippen molar-refractivity contribution in [2.24, 2.45) is 5.11 Å². The maximum absolute atomic E-state index is 15.4. The van der Waals surface area contributed by atoms with Gasteiger partial charge in [0.25, 0.3) is 0 Å². The van der Waals surface area contributed by atoms with E-state index in [0.717, 1.165) is 6.54 Å². The van der Waals surface area contributed by atoms with Gasteiger partial charge in [-0.3, -0.25) is 4.79 Å². The number of azide groups is 1. The van der Waals surface area contributed by atoms with Gasteiger partial charge in [0.05, 0.1) is 6.54 Å². The minimum absolute atomic E-state index is 0.140. The molecule has 26 heteroatoms. The van der Waals surface area contributed by atoms with E-state index in [2.05, 4.69) is 10.0 Å². The smallest absolute Gasteiger partial charge is 0.200 e. The Morgan fingerprint density at radius 2 is 0.703 bits per heavy atom. The fraction of sp³-hybridized carbons (Fsp3) is 0.0526. The molecule has 5 nitrogen and oxygen atoms in total. The molecule has 5 aromatic carbocycles. The molecule has 334 valence electrons. The average molecular weight is 932 g/mol. The molecule has 0 fully saturated rings. The van der Waals surface area contributed by atoms with Crippen molar-refractivity contribution >= 4 is 33.8 Å². The number of ketones is 1. The van der Waals surface area contributed by atoms with Gasteiger partial charge in [0.2, 0.25) is 0 Å². The Bertz CT molecular complexity index is 2530. The van der Waals surface area contributed by atoms with Crippen LogP contribution in [-0.2, 0) is 6.54 Å². The van der Waals surface area contributed by atoms with Crippen molar-refractivity contribution in [3.05, 3.63) is 193 Å². The summed E-state index contributed by atoms with van der Waals surface area (Å²) >= 11 is 0. The molecule has 0 aliphatic heterocycles. The fourth-order valence-electron chi connectivity index (χ4n) is 6.60. The average Bonchev–Trinajstić information content (AvgIpc) is 3.28. The van der Waals surface area contributed by atoms with Gasteiger partial charge in [-0.1, -0.05) is 35.4 Å². The van der Waals surface area contributed by atoms with Crippen LogP contribution >= 0.6 is 0 Å². The summed E-state index contributed by atoms with van der Waals surface area (Å²) in [5, 5.41) is 3.26. The van der Waals surface area contributed by atoms with Crippen LogP contribution in [0.2, 0.25) is 0 Å². The van der Waals surface area contributed by atoms with Gasteiger partial charge in [-0.05, 0) is 5.53 Å². The molecular formula is C38H13BF20N4O. The molecule has 1 heterocycles. The van der Waals surface area contributed by atoms with E-state index in [1.54, 1.807) is 12.1 Å². The third kappa shape index (κ3) is 7.81. The monoisotopic (exact) mass is 932 g/mol. The largest absolute Gasteiger partial charge is 0.294 e. The molecule has 0 saturated heterocycles. The summed E-state index contributed by atoms with van der Waals surface area (Å²) in [6.45, 7) is 0.616. The van der Waals surface area contributed by atoms with E-state index in [1.165, 1.54) is 5.56 Å². The summed E-state index contributed by atoms with van der Waals surface area (Å²) in [6.07, 6.45) is -3.53. The van der Waals surface area contributed by atoms with Crippen LogP contribution in [0.25, 0.3) is 10.4 Å². The zero-order valence-electron chi connectivity index (χ0n) is 30.4. The van der Waals surface area contributed by atoms with Crippen molar-refractivity contribution in [1.82, 2.24) is 0 Å². The predicted molar refractivity (Wildman–Crippen MR) is 180 cm³/mol. The molecule has 0 N–H and O–H groups in total. The quantitative estimate of drug-likeness (QED) is 0.0166. The van der Waals surface area contributed by atoms with Gasteiger partial charge in [0, 0.05) is 28.2 Å². The van der Waals surface area contributed by atoms with Crippen LogP contribution in [0.3, 0.4) is 0 Å². The number of halogens is 20. The Balaban J connectivity index is 0.000000337. The number of Topliss-reactive ketones (excluding diaryl/α,β-unsaturated/α-hetero) is 1. The van der Waals surface area contributed by atoms with E-state index < -0.39 is 144 Å². The van der Waals surface area contributed by atoms with E-state index in [0.29, 0.717) is 5.56 Å².